The van der Waals surface area contributed by atoms with Crippen molar-refractivity contribution in [2.45, 2.75) is 77.7 Å². The predicted molar refractivity (Wildman–Crippen MR) is 118 cm³/mol. The maximum Gasteiger partial charge on any atom is 0.306 e. The third-order valence-electron chi connectivity index (χ3n) is 5.51. The van der Waals surface area contributed by atoms with Gasteiger partial charge in [-0.1, -0.05) is 58.3 Å². The fourth-order valence-electron chi connectivity index (χ4n) is 3.69. The van der Waals surface area contributed by atoms with E-state index in [-0.39, 0.29) is 18.3 Å². The summed E-state index contributed by atoms with van der Waals surface area (Å²) in [6, 6.07) is 5.00. The monoisotopic (exact) mass is 420 g/mol. The third-order valence-corrected chi connectivity index (χ3v) is 5.51. The molecule has 0 spiro atoms. The lowest BCUT2D eigenvalue weighted by Gasteiger charge is -2.29. The Kier molecular flexibility index (Phi) is 11.2. The first kappa shape index (κ1) is 24.1. The van der Waals surface area contributed by atoms with E-state index >= 15 is 0 Å². The van der Waals surface area contributed by atoms with E-state index in [4.69, 9.17) is 9.47 Å². The fourth-order valence-corrected chi connectivity index (χ4v) is 3.69. The maximum absolute atomic E-state index is 12.1. The van der Waals surface area contributed by atoms with Crippen molar-refractivity contribution in [3.63, 3.8) is 0 Å². The van der Waals surface area contributed by atoms with Gasteiger partial charge in [-0.25, -0.2) is 0 Å². The summed E-state index contributed by atoms with van der Waals surface area (Å²) in [6.07, 6.45) is 11.0. The van der Waals surface area contributed by atoms with Gasteiger partial charge in [0.05, 0.1) is 23.7 Å². The highest BCUT2D eigenvalue weighted by atomic mass is 16.6. The van der Waals surface area contributed by atoms with Crippen LogP contribution in [0.2, 0.25) is 0 Å². The van der Waals surface area contributed by atoms with E-state index in [1.165, 1.54) is 44.6 Å². The van der Waals surface area contributed by atoms with E-state index in [0.29, 0.717) is 25.2 Å². The Balaban J connectivity index is 1.72. The molecule has 1 saturated heterocycles. The van der Waals surface area contributed by atoms with Crippen LogP contribution >= 0.6 is 0 Å². The first-order chi connectivity index (χ1) is 14.6. The SMILES string of the molecule is CCCCCCCCCCCC(=O)OCc1cc(N2CCOCC2)ccc1[N+](=O)[O-]. The zero-order chi connectivity index (χ0) is 21.6. The Labute approximate surface area is 179 Å². The summed E-state index contributed by atoms with van der Waals surface area (Å²) in [5.41, 5.74) is 1.32. The maximum atomic E-state index is 12.1. The van der Waals surface area contributed by atoms with Crippen molar-refractivity contribution in [2.24, 2.45) is 0 Å². The van der Waals surface area contributed by atoms with Crippen LogP contribution in [0.5, 0.6) is 0 Å². The number of carbonyl (C=O) groups is 1. The number of morpholine rings is 1. The molecule has 1 heterocycles. The molecule has 0 aromatic heterocycles. The first-order valence-corrected chi connectivity index (χ1v) is 11.4. The van der Waals surface area contributed by atoms with Crippen LogP contribution in [0.15, 0.2) is 18.2 Å². The number of carbonyl (C=O) groups excluding carboxylic acids is 1. The molecule has 7 heteroatoms. The minimum Gasteiger partial charge on any atom is -0.461 e. The van der Waals surface area contributed by atoms with Gasteiger partial charge in [-0.2, -0.15) is 0 Å². The van der Waals surface area contributed by atoms with Crippen LogP contribution in [-0.2, 0) is 20.9 Å². The number of rotatable bonds is 14. The molecule has 168 valence electrons. The van der Waals surface area contributed by atoms with Gasteiger partial charge in [0.25, 0.3) is 5.69 Å². The molecule has 0 saturated carbocycles. The van der Waals surface area contributed by atoms with Crippen molar-refractivity contribution in [1.82, 2.24) is 0 Å². The van der Waals surface area contributed by atoms with Crippen LogP contribution in [0.4, 0.5) is 11.4 Å². The standard InChI is InChI=1S/C23H36N2O5/c1-2-3-4-5-6-7-8-9-10-11-23(26)30-19-20-18-21(12-13-22(20)25(27)28)24-14-16-29-17-15-24/h12-13,18H,2-11,14-17,19H2,1H3. The van der Waals surface area contributed by atoms with Gasteiger partial charge in [0, 0.05) is 31.3 Å². The molecule has 1 aromatic carbocycles. The Morgan fingerprint density at radius 1 is 1.07 bits per heavy atom. The number of hydrogen-bond donors (Lipinski definition) is 0. The van der Waals surface area contributed by atoms with Gasteiger partial charge in [-0.3, -0.25) is 14.9 Å². The van der Waals surface area contributed by atoms with Gasteiger partial charge >= 0.3 is 5.97 Å². The third kappa shape index (κ3) is 8.69. The highest BCUT2D eigenvalue weighted by molar-refractivity contribution is 5.69. The second kappa shape index (κ2) is 14.0. The van der Waals surface area contributed by atoms with E-state index in [1.807, 2.05) is 0 Å². The molecule has 0 unspecified atom stereocenters. The Morgan fingerprint density at radius 2 is 1.70 bits per heavy atom. The average Bonchev–Trinajstić information content (AvgIpc) is 2.77. The molecule has 1 aliphatic rings. The van der Waals surface area contributed by atoms with E-state index in [1.54, 1.807) is 12.1 Å². The lowest BCUT2D eigenvalue weighted by Crippen LogP contribution is -2.36. The summed E-state index contributed by atoms with van der Waals surface area (Å²) >= 11 is 0. The van der Waals surface area contributed by atoms with Gasteiger partial charge < -0.3 is 14.4 Å². The topological polar surface area (TPSA) is 81.9 Å². The molecule has 30 heavy (non-hydrogen) atoms. The molecule has 1 aromatic rings. The number of nitrogens with zero attached hydrogens (tertiary/aromatic N) is 2. The van der Waals surface area contributed by atoms with Crippen molar-refractivity contribution >= 4 is 17.3 Å². The lowest BCUT2D eigenvalue weighted by molar-refractivity contribution is -0.385. The number of anilines is 1. The summed E-state index contributed by atoms with van der Waals surface area (Å²) in [5, 5.41) is 11.3. The molecule has 1 aliphatic heterocycles. The molecule has 0 amide bonds. The van der Waals surface area contributed by atoms with Crippen molar-refractivity contribution in [2.75, 3.05) is 31.2 Å². The first-order valence-electron chi connectivity index (χ1n) is 11.4. The summed E-state index contributed by atoms with van der Waals surface area (Å²) < 4.78 is 10.7. The van der Waals surface area contributed by atoms with E-state index in [9.17, 15) is 14.9 Å². The number of nitro groups is 1. The van der Waals surface area contributed by atoms with Gasteiger partial charge in [0.15, 0.2) is 0 Å². The van der Waals surface area contributed by atoms with E-state index in [2.05, 4.69) is 11.8 Å². The highest BCUT2D eigenvalue weighted by Gasteiger charge is 2.19. The number of hydrogen-bond acceptors (Lipinski definition) is 6. The van der Waals surface area contributed by atoms with Crippen LogP contribution < -0.4 is 4.90 Å². The molecular formula is C23H36N2O5. The summed E-state index contributed by atoms with van der Waals surface area (Å²) in [7, 11) is 0. The number of esters is 1. The van der Waals surface area contributed by atoms with Gasteiger partial charge in [0.2, 0.25) is 0 Å². The zero-order valence-electron chi connectivity index (χ0n) is 18.3. The zero-order valence-corrected chi connectivity index (χ0v) is 18.3. The molecule has 1 fully saturated rings. The molecule has 0 aliphatic carbocycles. The lowest BCUT2D eigenvalue weighted by atomic mass is 10.1. The number of benzene rings is 1. The molecule has 2 rings (SSSR count). The summed E-state index contributed by atoms with van der Waals surface area (Å²) in [5.74, 6) is -0.288. The van der Waals surface area contributed by atoms with Crippen molar-refractivity contribution in [3.8, 4) is 0 Å². The van der Waals surface area contributed by atoms with Crippen molar-refractivity contribution in [3.05, 3.63) is 33.9 Å². The van der Waals surface area contributed by atoms with Gasteiger partial charge in [-0.05, 0) is 18.6 Å². The van der Waals surface area contributed by atoms with Crippen molar-refractivity contribution in [1.29, 1.82) is 0 Å². The predicted octanol–water partition coefficient (Wildman–Crippen LogP) is 5.40. The second-order valence-corrected chi connectivity index (χ2v) is 7.91. The number of ether oxygens (including phenoxy) is 2. The van der Waals surface area contributed by atoms with Crippen LogP contribution in [0.3, 0.4) is 0 Å². The molecule has 0 bridgehead atoms. The van der Waals surface area contributed by atoms with Crippen LogP contribution in [-0.4, -0.2) is 37.2 Å². The number of nitro benzene ring substituents is 1. The molecular weight excluding hydrogens is 384 g/mol. The fraction of sp³-hybridized carbons (Fsp3) is 0.696. The highest BCUT2D eigenvalue weighted by Crippen LogP contribution is 2.26. The van der Waals surface area contributed by atoms with Gasteiger partial charge in [-0.15, -0.1) is 0 Å². The Hall–Kier alpha value is -2.15. The molecule has 7 nitrogen and oxygen atoms in total. The molecule has 0 atom stereocenters. The van der Waals surface area contributed by atoms with Gasteiger partial charge in [0.1, 0.15) is 6.61 Å². The van der Waals surface area contributed by atoms with E-state index < -0.39 is 4.92 Å². The normalized spacial score (nSPS) is 14.0. The molecule has 0 radical (unpaired) electrons. The summed E-state index contributed by atoms with van der Waals surface area (Å²) in [6.45, 7) is 4.92. The Bertz CT molecular complexity index is 659. The minimum absolute atomic E-state index is 0.0112. The van der Waals surface area contributed by atoms with Crippen molar-refractivity contribution < 1.29 is 19.2 Å². The van der Waals surface area contributed by atoms with Crippen LogP contribution in [0.1, 0.15) is 76.7 Å². The quantitative estimate of drug-likeness (QED) is 0.174. The van der Waals surface area contributed by atoms with Crippen LogP contribution in [0.25, 0.3) is 0 Å². The Morgan fingerprint density at radius 3 is 2.33 bits per heavy atom. The number of unbranched alkanes of at least 4 members (excludes halogenated alkanes) is 8. The average molecular weight is 421 g/mol. The smallest absolute Gasteiger partial charge is 0.306 e. The second-order valence-electron chi connectivity index (χ2n) is 7.91. The minimum atomic E-state index is -0.424. The summed E-state index contributed by atoms with van der Waals surface area (Å²) in [4.78, 5) is 25.1. The van der Waals surface area contributed by atoms with Crippen LogP contribution in [0, 0.1) is 10.1 Å². The largest absolute Gasteiger partial charge is 0.461 e. The van der Waals surface area contributed by atoms with E-state index in [0.717, 1.165) is 38.0 Å². The molecule has 0 N–H and O–H groups in total.